The molecule has 0 saturated carbocycles. The van der Waals surface area contributed by atoms with E-state index < -0.39 is 0 Å². The molecule has 0 saturated heterocycles. The van der Waals surface area contributed by atoms with E-state index in [1.54, 1.807) is 0 Å². The lowest BCUT2D eigenvalue weighted by atomic mass is 10.3. The van der Waals surface area contributed by atoms with Gasteiger partial charge in [0.1, 0.15) is 12.3 Å². The number of halogens is 1. The van der Waals surface area contributed by atoms with Crippen molar-refractivity contribution in [3.05, 3.63) is 0 Å². The van der Waals surface area contributed by atoms with Crippen LogP contribution < -0.4 is 5.73 Å². The first-order valence-corrected chi connectivity index (χ1v) is 5.15. The molecule has 0 aromatic carbocycles. The number of esters is 1. The summed E-state index contributed by atoms with van der Waals surface area (Å²) in [6.07, 6.45) is 2.97. The molecular weight excluding hydrogens is 216 g/mol. The zero-order chi connectivity index (χ0) is 10.8. The number of hydrogen-bond donors (Lipinski definition) is 1. The van der Waals surface area contributed by atoms with Crippen LogP contribution >= 0.6 is 12.4 Å². The van der Waals surface area contributed by atoms with Gasteiger partial charge in [-0.3, -0.25) is 9.79 Å². The van der Waals surface area contributed by atoms with E-state index in [0.29, 0.717) is 19.0 Å². The Morgan fingerprint density at radius 3 is 2.53 bits per heavy atom. The summed E-state index contributed by atoms with van der Waals surface area (Å²) in [6, 6.07) is 0. The Balaban J connectivity index is 0. The van der Waals surface area contributed by atoms with Crippen molar-refractivity contribution in [1.29, 1.82) is 0 Å². The number of ether oxygens (including phenoxy) is 1. The lowest BCUT2D eigenvalue weighted by Crippen LogP contribution is -2.19. The summed E-state index contributed by atoms with van der Waals surface area (Å²) in [6.45, 7) is 5.21. The number of carbonyl (C=O) groups is 1. The second-order valence-electron chi connectivity index (χ2n) is 3.12. The molecule has 0 unspecified atom stereocenters. The minimum Gasteiger partial charge on any atom is -0.465 e. The number of rotatable bonds is 7. The number of nitrogens with zero attached hydrogens (tertiary/aromatic N) is 1. The molecule has 0 bridgehead atoms. The van der Waals surface area contributed by atoms with Crippen molar-refractivity contribution < 1.29 is 9.53 Å². The number of amidine groups is 1. The SMILES string of the molecule is CCCCOC(=O)CC(N)=NCCC.Cl. The molecular formula is C10H21ClN2O2. The van der Waals surface area contributed by atoms with Crippen molar-refractivity contribution in [1.82, 2.24) is 0 Å². The highest BCUT2D eigenvalue weighted by atomic mass is 35.5. The molecule has 0 rings (SSSR count). The average Bonchev–Trinajstić information content (AvgIpc) is 2.15. The van der Waals surface area contributed by atoms with Crippen LogP contribution in [0.5, 0.6) is 0 Å². The molecule has 0 aromatic rings. The van der Waals surface area contributed by atoms with E-state index in [1.165, 1.54) is 0 Å². The molecule has 0 spiro atoms. The maximum Gasteiger partial charge on any atom is 0.313 e. The topological polar surface area (TPSA) is 64.7 Å². The molecule has 2 N–H and O–H groups in total. The summed E-state index contributed by atoms with van der Waals surface area (Å²) in [7, 11) is 0. The smallest absolute Gasteiger partial charge is 0.313 e. The monoisotopic (exact) mass is 236 g/mol. The van der Waals surface area contributed by atoms with Gasteiger partial charge in [0.05, 0.1) is 6.61 Å². The van der Waals surface area contributed by atoms with Crippen LogP contribution in [0.4, 0.5) is 0 Å². The van der Waals surface area contributed by atoms with Gasteiger partial charge in [-0.15, -0.1) is 12.4 Å². The van der Waals surface area contributed by atoms with E-state index in [2.05, 4.69) is 4.99 Å². The number of hydrogen-bond acceptors (Lipinski definition) is 3. The molecule has 0 aliphatic heterocycles. The van der Waals surface area contributed by atoms with Crippen molar-refractivity contribution in [2.75, 3.05) is 13.2 Å². The third-order valence-electron chi connectivity index (χ3n) is 1.62. The van der Waals surface area contributed by atoms with Gasteiger partial charge in [0.15, 0.2) is 0 Å². The molecule has 0 aliphatic rings. The zero-order valence-corrected chi connectivity index (χ0v) is 10.3. The normalized spacial score (nSPS) is 10.7. The molecule has 15 heavy (non-hydrogen) atoms. The summed E-state index contributed by atoms with van der Waals surface area (Å²) in [4.78, 5) is 15.1. The molecule has 0 atom stereocenters. The van der Waals surface area contributed by atoms with Gasteiger partial charge in [-0.2, -0.15) is 0 Å². The van der Waals surface area contributed by atoms with Gasteiger partial charge >= 0.3 is 5.97 Å². The Labute approximate surface area is 97.7 Å². The molecule has 0 aromatic heterocycles. The van der Waals surface area contributed by atoms with Crippen LogP contribution in [0, 0.1) is 0 Å². The largest absolute Gasteiger partial charge is 0.465 e. The van der Waals surface area contributed by atoms with Crippen molar-refractivity contribution >= 4 is 24.2 Å². The third kappa shape index (κ3) is 11.2. The van der Waals surface area contributed by atoms with Crippen LogP contribution in [0.1, 0.15) is 39.5 Å². The average molecular weight is 237 g/mol. The minimum absolute atomic E-state index is 0. The Morgan fingerprint density at radius 1 is 1.33 bits per heavy atom. The van der Waals surface area contributed by atoms with Gasteiger partial charge in [-0.05, 0) is 12.8 Å². The number of nitrogens with two attached hydrogens (primary N) is 1. The summed E-state index contributed by atoms with van der Waals surface area (Å²) < 4.78 is 4.93. The molecule has 0 aliphatic carbocycles. The minimum atomic E-state index is -0.282. The van der Waals surface area contributed by atoms with Crippen molar-refractivity contribution in [2.45, 2.75) is 39.5 Å². The van der Waals surface area contributed by atoms with Crippen LogP contribution in [0.2, 0.25) is 0 Å². The Kier molecular flexibility index (Phi) is 12.6. The first-order chi connectivity index (χ1) is 6.70. The van der Waals surface area contributed by atoms with E-state index in [-0.39, 0.29) is 24.8 Å². The maximum absolute atomic E-state index is 11.1. The number of unbranched alkanes of at least 4 members (excludes halogenated alkanes) is 1. The Morgan fingerprint density at radius 2 is 2.00 bits per heavy atom. The highest BCUT2D eigenvalue weighted by Crippen LogP contribution is 1.92. The predicted octanol–water partition coefficient (Wildman–Crippen LogP) is 1.91. The van der Waals surface area contributed by atoms with Crippen LogP contribution in [0.15, 0.2) is 4.99 Å². The summed E-state index contributed by atoms with van der Waals surface area (Å²) in [5, 5.41) is 0. The van der Waals surface area contributed by atoms with E-state index in [9.17, 15) is 4.79 Å². The second kappa shape index (κ2) is 11.3. The fourth-order valence-electron chi connectivity index (χ4n) is 0.841. The van der Waals surface area contributed by atoms with Gasteiger partial charge in [0, 0.05) is 6.54 Å². The standard InChI is InChI=1S/C10H20N2O2.ClH/c1-3-5-7-14-10(13)8-9(11)12-6-4-2;/h3-8H2,1-2H3,(H2,11,12);1H. The van der Waals surface area contributed by atoms with Gasteiger partial charge < -0.3 is 10.5 Å². The number of aliphatic imine (C=N–C) groups is 1. The predicted molar refractivity (Wildman–Crippen MR) is 64.5 cm³/mol. The van der Waals surface area contributed by atoms with Crippen molar-refractivity contribution in [3.63, 3.8) is 0 Å². The quantitative estimate of drug-likeness (QED) is 0.318. The summed E-state index contributed by atoms with van der Waals surface area (Å²) in [5.41, 5.74) is 5.51. The van der Waals surface area contributed by atoms with Gasteiger partial charge in [-0.25, -0.2) is 0 Å². The highest BCUT2D eigenvalue weighted by molar-refractivity contribution is 5.96. The number of carbonyl (C=O) groups excluding carboxylic acids is 1. The Bertz CT molecular complexity index is 196. The second-order valence-corrected chi connectivity index (χ2v) is 3.12. The van der Waals surface area contributed by atoms with Crippen LogP contribution in [0.3, 0.4) is 0 Å². The lowest BCUT2D eigenvalue weighted by molar-refractivity contribution is -0.142. The summed E-state index contributed by atoms with van der Waals surface area (Å²) >= 11 is 0. The van der Waals surface area contributed by atoms with Gasteiger partial charge in [0.25, 0.3) is 0 Å². The van der Waals surface area contributed by atoms with Crippen LogP contribution in [-0.2, 0) is 9.53 Å². The molecule has 0 fully saturated rings. The summed E-state index contributed by atoms with van der Waals surface area (Å²) in [5.74, 6) is 0.0872. The fraction of sp³-hybridized carbons (Fsp3) is 0.800. The third-order valence-corrected chi connectivity index (χ3v) is 1.62. The molecule has 0 radical (unpaired) electrons. The van der Waals surface area contributed by atoms with Crippen molar-refractivity contribution in [2.24, 2.45) is 10.7 Å². The Hall–Kier alpha value is -0.770. The highest BCUT2D eigenvalue weighted by Gasteiger charge is 2.04. The lowest BCUT2D eigenvalue weighted by Gasteiger charge is -2.03. The maximum atomic E-state index is 11.1. The van der Waals surface area contributed by atoms with E-state index >= 15 is 0 Å². The molecule has 4 nitrogen and oxygen atoms in total. The van der Waals surface area contributed by atoms with E-state index in [1.807, 2.05) is 13.8 Å². The first-order valence-electron chi connectivity index (χ1n) is 5.15. The molecule has 0 heterocycles. The molecule has 0 amide bonds. The van der Waals surface area contributed by atoms with E-state index in [4.69, 9.17) is 10.5 Å². The van der Waals surface area contributed by atoms with Crippen LogP contribution in [0.25, 0.3) is 0 Å². The van der Waals surface area contributed by atoms with Gasteiger partial charge in [0.2, 0.25) is 0 Å². The van der Waals surface area contributed by atoms with E-state index in [0.717, 1.165) is 19.3 Å². The van der Waals surface area contributed by atoms with Gasteiger partial charge in [-0.1, -0.05) is 20.3 Å². The molecule has 90 valence electrons. The fourth-order valence-corrected chi connectivity index (χ4v) is 0.841. The molecule has 5 heteroatoms. The zero-order valence-electron chi connectivity index (χ0n) is 9.49. The van der Waals surface area contributed by atoms with Crippen molar-refractivity contribution in [3.8, 4) is 0 Å². The first kappa shape index (κ1) is 16.7. The van der Waals surface area contributed by atoms with Crippen LogP contribution in [-0.4, -0.2) is 25.0 Å².